The Morgan fingerprint density at radius 3 is 1.25 bits per heavy atom. The Balaban J connectivity index is 1.21. The Bertz CT molecular complexity index is 2310. The molecule has 55 heavy (non-hydrogen) atoms. The van der Waals surface area contributed by atoms with Crippen LogP contribution in [0, 0.1) is 0 Å². The van der Waals surface area contributed by atoms with E-state index in [0.717, 1.165) is 53.7 Å². The van der Waals surface area contributed by atoms with Gasteiger partial charge in [0.1, 0.15) is 11.5 Å². The van der Waals surface area contributed by atoms with E-state index in [4.69, 9.17) is 9.47 Å². The van der Waals surface area contributed by atoms with Crippen molar-refractivity contribution in [2.45, 2.75) is 40.4 Å². The zero-order chi connectivity index (χ0) is 38.6. The number of hydrogen-bond donors (Lipinski definition) is 0. The lowest BCUT2D eigenvalue weighted by atomic mass is 9.86. The molecule has 0 aromatic heterocycles. The van der Waals surface area contributed by atoms with Crippen molar-refractivity contribution in [2.24, 2.45) is 0 Å². The molecule has 274 valence electrons. The maximum Gasteiger partial charge on any atom is 0.336 e. The van der Waals surface area contributed by atoms with Crippen LogP contribution < -0.4 is 9.47 Å². The zero-order valence-corrected chi connectivity index (χ0v) is 33.5. The fourth-order valence-electron chi connectivity index (χ4n) is 5.76. The minimum absolute atomic E-state index is 0.407. The van der Waals surface area contributed by atoms with Crippen molar-refractivity contribution in [3.05, 3.63) is 203 Å². The molecule has 0 unspecified atom stereocenters. The van der Waals surface area contributed by atoms with Gasteiger partial charge in [0.05, 0.1) is 0 Å². The first-order valence-corrected chi connectivity index (χ1v) is 20.5. The molecule has 0 aliphatic rings. The van der Waals surface area contributed by atoms with Crippen LogP contribution in [0.3, 0.4) is 0 Å². The highest BCUT2D eigenvalue weighted by atomic mass is 32.2. The summed E-state index contributed by atoms with van der Waals surface area (Å²) < 4.78 is 11.3. The molecule has 0 atom stereocenters. The number of esters is 2. The average molecular weight is 777 g/mol. The highest BCUT2D eigenvalue weighted by Crippen LogP contribution is 2.38. The van der Waals surface area contributed by atoms with Crippen LogP contribution in [-0.4, -0.2) is 18.2 Å². The van der Waals surface area contributed by atoms with E-state index < -0.39 is 11.9 Å². The molecule has 0 radical (unpaired) electrons. The number of rotatable bonds is 13. The van der Waals surface area contributed by atoms with Crippen LogP contribution in [0.5, 0.6) is 11.5 Å². The second-order valence-electron chi connectivity index (χ2n) is 12.7. The van der Waals surface area contributed by atoms with Crippen molar-refractivity contribution < 1.29 is 19.1 Å². The van der Waals surface area contributed by atoms with Gasteiger partial charge in [-0.2, -0.15) is 0 Å². The fraction of sp³-hybridized carbons (Fsp3) is 0.0833. The van der Waals surface area contributed by atoms with Crippen LogP contribution in [-0.2, 0) is 9.59 Å². The smallest absolute Gasteiger partial charge is 0.336 e. The lowest BCUT2D eigenvalue weighted by Gasteiger charge is -2.18. The van der Waals surface area contributed by atoms with E-state index >= 15 is 0 Å². The van der Waals surface area contributed by atoms with Crippen LogP contribution in [0.15, 0.2) is 200 Å². The van der Waals surface area contributed by atoms with Crippen LogP contribution in [0.1, 0.15) is 43.0 Å². The second kappa shape index (κ2) is 19.2. The molecule has 0 aliphatic carbocycles. The molecule has 0 aliphatic heterocycles. The minimum atomic E-state index is -0.437. The van der Waals surface area contributed by atoms with E-state index in [9.17, 15) is 9.59 Å². The predicted octanol–water partition coefficient (Wildman–Crippen LogP) is 13.0. The lowest BCUT2D eigenvalue weighted by molar-refractivity contribution is -0.129. The number of thioether (sulfide) groups is 2. The van der Waals surface area contributed by atoms with E-state index in [1.807, 2.05) is 106 Å². The molecule has 6 aromatic carbocycles. The summed E-state index contributed by atoms with van der Waals surface area (Å²) in [7, 11) is 0. The van der Waals surface area contributed by atoms with Crippen molar-refractivity contribution >= 4 is 58.4 Å². The molecule has 6 rings (SSSR count). The summed E-state index contributed by atoms with van der Waals surface area (Å²) in [5.74, 6) is 0.0726. The number of ether oxygens (including phenoxy) is 2. The normalized spacial score (nSPS) is 11.7. The number of benzene rings is 6. The quantitative estimate of drug-likeness (QED) is 0.0381. The molecule has 7 heteroatoms. The SMILES string of the molecule is CSc1ccc(Sc2ccc(SC(C)=CC(=O)Oc3ccc(/C(=C(\c4ccccc4)c4ccc(OC(=O)C=C(C)C)cc4)c4ccccc4)cc3)cc2)cc1. The van der Waals surface area contributed by atoms with E-state index in [2.05, 4.69) is 79.1 Å². The third-order valence-corrected chi connectivity index (χ3v) is 10.9. The van der Waals surface area contributed by atoms with Crippen LogP contribution >= 0.6 is 35.3 Å². The molecule has 4 nitrogen and oxygen atoms in total. The van der Waals surface area contributed by atoms with Gasteiger partial charge in [-0.1, -0.05) is 114 Å². The van der Waals surface area contributed by atoms with Gasteiger partial charge in [-0.3, -0.25) is 0 Å². The number of carbonyl (C=O) groups is 2. The molecule has 0 saturated carbocycles. The van der Waals surface area contributed by atoms with Crippen molar-refractivity contribution in [1.82, 2.24) is 0 Å². The Morgan fingerprint density at radius 1 is 0.455 bits per heavy atom. The van der Waals surface area contributed by atoms with Gasteiger partial charge in [-0.25, -0.2) is 9.59 Å². The summed E-state index contributed by atoms with van der Waals surface area (Å²) in [6, 6.07) is 52.5. The Kier molecular flexibility index (Phi) is 13.7. The second-order valence-corrected chi connectivity index (χ2v) is 16.0. The van der Waals surface area contributed by atoms with Gasteiger partial charge >= 0.3 is 11.9 Å². The first kappa shape index (κ1) is 39.2. The maximum absolute atomic E-state index is 13.0. The predicted molar refractivity (Wildman–Crippen MR) is 230 cm³/mol. The Hall–Kier alpha value is -5.47. The largest absolute Gasteiger partial charge is 0.423 e. The lowest BCUT2D eigenvalue weighted by Crippen LogP contribution is -2.05. The first-order chi connectivity index (χ1) is 26.7. The van der Waals surface area contributed by atoms with Crippen LogP contribution in [0.25, 0.3) is 11.1 Å². The molecule has 0 fully saturated rings. The summed E-state index contributed by atoms with van der Waals surface area (Å²) in [6.45, 7) is 5.62. The molecule has 0 saturated heterocycles. The molecular formula is C48H40O4S3. The summed E-state index contributed by atoms with van der Waals surface area (Å²) >= 11 is 4.98. The third kappa shape index (κ3) is 11.3. The van der Waals surface area contributed by atoms with E-state index in [-0.39, 0.29) is 0 Å². The third-order valence-electron chi connectivity index (χ3n) is 8.22. The van der Waals surface area contributed by atoms with Gasteiger partial charge in [0, 0.05) is 31.7 Å². The van der Waals surface area contributed by atoms with Gasteiger partial charge < -0.3 is 9.47 Å². The molecule has 0 amide bonds. The van der Waals surface area contributed by atoms with Crippen molar-refractivity contribution in [2.75, 3.05) is 6.26 Å². The summed E-state index contributed by atoms with van der Waals surface area (Å²) in [4.78, 5) is 30.8. The Labute approximate surface area is 336 Å². The van der Waals surface area contributed by atoms with Crippen LogP contribution in [0.2, 0.25) is 0 Å². The van der Waals surface area contributed by atoms with E-state index in [1.165, 1.54) is 33.7 Å². The summed E-state index contributed by atoms with van der Waals surface area (Å²) in [6.07, 6.45) is 5.08. The number of hydrogen-bond acceptors (Lipinski definition) is 7. The standard InChI is InChI=1S/C48H40O4S3/c1-33(2)31-45(49)51-39-19-15-37(16-20-39)47(35-11-7-5-8-12-35)48(36-13-9-6-10-14-36)38-17-21-40(22-18-38)52-46(50)32-34(3)54-42-27-29-44(30-28-42)55-43-25-23-41(53-4)24-26-43/h5-32H,1-4H3/b34-32?,48-47+. The highest BCUT2D eigenvalue weighted by molar-refractivity contribution is 8.03. The van der Waals surface area contributed by atoms with Crippen LogP contribution in [0.4, 0.5) is 0 Å². The number of carbonyl (C=O) groups excluding carboxylic acids is 2. The summed E-state index contributed by atoms with van der Waals surface area (Å²) in [5.41, 5.74) is 6.83. The van der Waals surface area contributed by atoms with Gasteiger partial charge in [-0.05, 0) is 138 Å². The molecule has 0 N–H and O–H groups in total. The number of allylic oxidation sites excluding steroid dienone is 2. The van der Waals surface area contributed by atoms with Gasteiger partial charge in [-0.15, -0.1) is 11.8 Å². The molecule has 0 bridgehead atoms. The minimum Gasteiger partial charge on any atom is -0.423 e. The summed E-state index contributed by atoms with van der Waals surface area (Å²) in [5, 5.41) is 0. The maximum atomic E-state index is 13.0. The van der Waals surface area contributed by atoms with E-state index in [0.29, 0.717) is 11.5 Å². The van der Waals surface area contributed by atoms with E-state index in [1.54, 1.807) is 23.5 Å². The zero-order valence-electron chi connectivity index (χ0n) is 31.0. The molecule has 6 aromatic rings. The molecule has 0 heterocycles. The van der Waals surface area contributed by atoms with Gasteiger partial charge in [0.15, 0.2) is 0 Å². The fourth-order valence-corrected chi connectivity index (χ4v) is 7.79. The molecule has 0 spiro atoms. The topological polar surface area (TPSA) is 52.6 Å². The van der Waals surface area contributed by atoms with Crippen molar-refractivity contribution in [3.8, 4) is 11.5 Å². The van der Waals surface area contributed by atoms with Gasteiger partial charge in [0.25, 0.3) is 0 Å². The monoisotopic (exact) mass is 776 g/mol. The highest BCUT2D eigenvalue weighted by Gasteiger charge is 2.17. The Morgan fingerprint density at radius 2 is 0.836 bits per heavy atom. The first-order valence-electron chi connectivity index (χ1n) is 17.7. The molecular weight excluding hydrogens is 737 g/mol. The van der Waals surface area contributed by atoms with Crippen molar-refractivity contribution in [3.63, 3.8) is 0 Å². The van der Waals surface area contributed by atoms with Gasteiger partial charge in [0.2, 0.25) is 0 Å². The average Bonchev–Trinajstić information content (AvgIpc) is 3.19. The van der Waals surface area contributed by atoms with Crippen molar-refractivity contribution in [1.29, 1.82) is 0 Å².